The molecular weight excluding hydrogens is 432 g/mol. The number of nitrogens with zero attached hydrogens (tertiary/aromatic N) is 2. The zero-order valence-corrected chi connectivity index (χ0v) is 20.4. The summed E-state index contributed by atoms with van der Waals surface area (Å²) >= 11 is 0. The topological polar surface area (TPSA) is 102 Å². The van der Waals surface area contributed by atoms with Gasteiger partial charge < -0.3 is 20.6 Å². The van der Waals surface area contributed by atoms with Crippen molar-refractivity contribution in [2.75, 3.05) is 42.9 Å². The molecule has 1 aliphatic rings. The summed E-state index contributed by atoms with van der Waals surface area (Å²) in [6.45, 7) is 11.0. The van der Waals surface area contributed by atoms with Gasteiger partial charge in [-0.3, -0.25) is 14.5 Å². The number of carbonyl (C=O) groups excluding carboxylic acids is 2. The van der Waals surface area contributed by atoms with Crippen LogP contribution in [0.3, 0.4) is 0 Å². The number of nitrogens with one attached hydrogen (secondary N) is 2. The third-order valence-electron chi connectivity index (χ3n) is 5.61. The molecule has 182 valence electrons. The minimum Gasteiger partial charge on any atom is -0.478 e. The van der Waals surface area contributed by atoms with Gasteiger partial charge in [-0.25, -0.2) is 4.79 Å². The Balaban J connectivity index is 1.61. The van der Waals surface area contributed by atoms with Crippen molar-refractivity contribution >= 4 is 29.2 Å². The fourth-order valence-corrected chi connectivity index (χ4v) is 3.93. The molecule has 8 heteroatoms. The Kier molecular flexibility index (Phi) is 7.94. The number of hydrogen-bond donors (Lipinski definition) is 3. The summed E-state index contributed by atoms with van der Waals surface area (Å²) in [5.41, 5.74) is 2.84. The minimum atomic E-state index is -1.09. The summed E-state index contributed by atoms with van der Waals surface area (Å²) in [6.07, 6.45) is 0.172. The lowest BCUT2D eigenvalue weighted by molar-refractivity contribution is -0.123. The molecule has 3 rings (SSSR count). The van der Waals surface area contributed by atoms with Crippen LogP contribution in [-0.2, 0) is 16.0 Å². The molecule has 0 saturated carbocycles. The van der Waals surface area contributed by atoms with E-state index in [-0.39, 0.29) is 35.0 Å². The highest BCUT2D eigenvalue weighted by Gasteiger charge is 2.23. The van der Waals surface area contributed by atoms with Gasteiger partial charge in [0.15, 0.2) is 0 Å². The standard InChI is InChI=1S/C26H34N4O4/c1-18-5-7-19(8-6-18)15-23(31)27-22-10-9-20(16-21(22)25(33)34)30-13-11-29(12-14-30)17-24(32)28-26(2,3)4/h5-10,16H,11-15,17H2,1-4H3,(H,27,31)(H,28,32)(H,33,34). The zero-order chi connectivity index (χ0) is 24.9. The second kappa shape index (κ2) is 10.7. The Hall–Kier alpha value is -3.39. The summed E-state index contributed by atoms with van der Waals surface area (Å²) in [4.78, 5) is 40.8. The predicted octanol–water partition coefficient (Wildman–Crippen LogP) is 2.91. The van der Waals surface area contributed by atoms with Gasteiger partial charge in [0.2, 0.25) is 11.8 Å². The molecular formula is C26H34N4O4. The van der Waals surface area contributed by atoms with Crippen LogP contribution in [0.2, 0.25) is 0 Å². The molecule has 2 aromatic rings. The molecule has 8 nitrogen and oxygen atoms in total. The summed E-state index contributed by atoms with van der Waals surface area (Å²) in [5.74, 6) is -1.36. The van der Waals surface area contributed by atoms with E-state index in [1.54, 1.807) is 12.1 Å². The molecule has 0 spiro atoms. The Morgan fingerprint density at radius 2 is 1.59 bits per heavy atom. The average molecular weight is 467 g/mol. The number of hydrogen-bond acceptors (Lipinski definition) is 5. The number of amides is 2. The lowest BCUT2D eigenvalue weighted by Crippen LogP contribution is -2.51. The fourth-order valence-electron chi connectivity index (χ4n) is 3.93. The summed E-state index contributed by atoms with van der Waals surface area (Å²) in [6, 6.07) is 12.7. The van der Waals surface area contributed by atoms with Crippen LogP contribution in [-0.4, -0.2) is 66.1 Å². The van der Waals surface area contributed by atoms with Crippen molar-refractivity contribution in [3.63, 3.8) is 0 Å². The second-order valence-corrected chi connectivity index (χ2v) is 9.81. The molecule has 34 heavy (non-hydrogen) atoms. The molecule has 1 saturated heterocycles. The van der Waals surface area contributed by atoms with Gasteiger partial charge in [-0.05, 0) is 51.5 Å². The molecule has 0 radical (unpaired) electrons. The van der Waals surface area contributed by atoms with E-state index in [2.05, 4.69) is 20.4 Å². The van der Waals surface area contributed by atoms with Gasteiger partial charge in [0, 0.05) is 37.4 Å². The van der Waals surface area contributed by atoms with E-state index in [0.717, 1.165) is 16.8 Å². The van der Waals surface area contributed by atoms with E-state index in [9.17, 15) is 19.5 Å². The third kappa shape index (κ3) is 7.31. The molecule has 3 N–H and O–H groups in total. The number of benzene rings is 2. The van der Waals surface area contributed by atoms with Crippen molar-refractivity contribution in [2.45, 2.75) is 39.7 Å². The van der Waals surface area contributed by atoms with E-state index in [4.69, 9.17) is 0 Å². The predicted molar refractivity (Wildman–Crippen MR) is 133 cm³/mol. The summed E-state index contributed by atoms with van der Waals surface area (Å²) < 4.78 is 0. The van der Waals surface area contributed by atoms with Gasteiger partial charge in [0.05, 0.1) is 24.2 Å². The van der Waals surface area contributed by atoms with E-state index in [0.29, 0.717) is 32.7 Å². The molecule has 0 unspecified atom stereocenters. The molecule has 1 heterocycles. The first kappa shape index (κ1) is 25.2. The van der Waals surface area contributed by atoms with Crippen LogP contribution in [0.25, 0.3) is 0 Å². The van der Waals surface area contributed by atoms with Crippen LogP contribution in [0.5, 0.6) is 0 Å². The van der Waals surface area contributed by atoms with Crippen molar-refractivity contribution < 1.29 is 19.5 Å². The Bertz CT molecular complexity index is 1040. The van der Waals surface area contributed by atoms with Crippen LogP contribution >= 0.6 is 0 Å². The number of piperazine rings is 1. The van der Waals surface area contributed by atoms with Crippen LogP contribution in [0.15, 0.2) is 42.5 Å². The van der Waals surface area contributed by atoms with Gasteiger partial charge in [-0.2, -0.15) is 0 Å². The van der Waals surface area contributed by atoms with Gasteiger partial charge in [-0.15, -0.1) is 0 Å². The summed E-state index contributed by atoms with van der Waals surface area (Å²) in [7, 11) is 0. The normalized spacial score (nSPS) is 14.5. The van der Waals surface area contributed by atoms with Gasteiger partial charge in [0.25, 0.3) is 0 Å². The largest absolute Gasteiger partial charge is 0.478 e. The van der Waals surface area contributed by atoms with Crippen molar-refractivity contribution in [2.24, 2.45) is 0 Å². The van der Waals surface area contributed by atoms with Gasteiger partial charge in [-0.1, -0.05) is 29.8 Å². The number of anilines is 2. The number of rotatable bonds is 7. The molecule has 0 bridgehead atoms. The highest BCUT2D eigenvalue weighted by Crippen LogP contribution is 2.25. The zero-order valence-electron chi connectivity index (χ0n) is 20.4. The Labute approximate surface area is 200 Å². The van der Waals surface area contributed by atoms with Crippen LogP contribution in [0.1, 0.15) is 42.3 Å². The second-order valence-electron chi connectivity index (χ2n) is 9.81. The minimum absolute atomic E-state index is 0.000143. The molecule has 1 fully saturated rings. The van der Waals surface area contributed by atoms with E-state index >= 15 is 0 Å². The third-order valence-corrected chi connectivity index (χ3v) is 5.61. The van der Waals surface area contributed by atoms with Gasteiger partial charge in [0.1, 0.15) is 0 Å². The lowest BCUT2D eigenvalue weighted by atomic mass is 10.1. The maximum atomic E-state index is 12.5. The van der Waals surface area contributed by atoms with Crippen LogP contribution in [0.4, 0.5) is 11.4 Å². The highest BCUT2D eigenvalue weighted by molar-refractivity contribution is 6.01. The van der Waals surface area contributed by atoms with Crippen LogP contribution in [0, 0.1) is 6.92 Å². The van der Waals surface area contributed by atoms with Crippen molar-refractivity contribution in [1.82, 2.24) is 10.2 Å². The maximum Gasteiger partial charge on any atom is 0.337 e. The smallest absolute Gasteiger partial charge is 0.337 e. The van der Waals surface area contributed by atoms with E-state index in [1.807, 2.05) is 58.0 Å². The molecule has 2 amide bonds. The fraction of sp³-hybridized carbons (Fsp3) is 0.423. The highest BCUT2D eigenvalue weighted by atomic mass is 16.4. The molecule has 1 aliphatic heterocycles. The van der Waals surface area contributed by atoms with Gasteiger partial charge >= 0.3 is 5.97 Å². The molecule has 0 atom stereocenters. The molecule has 0 aromatic heterocycles. The quantitative estimate of drug-likeness (QED) is 0.580. The Morgan fingerprint density at radius 3 is 2.18 bits per heavy atom. The maximum absolute atomic E-state index is 12.5. The van der Waals surface area contributed by atoms with E-state index < -0.39 is 5.97 Å². The molecule has 2 aromatic carbocycles. The number of carboxylic acid groups (broad SMARTS) is 1. The summed E-state index contributed by atoms with van der Waals surface area (Å²) in [5, 5.41) is 15.4. The first-order valence-electron chi connectivity index (χ1n) is 11.5. The number of carbonyl (C=O) groups is 3. The number of aryl methyl sites for hydroxylation is 1. The average Bonchev–Trinajstić information content (AvgIpc) is 2.74. The van der Waals surface area contributed by atoms with Crippen molar-refractivity contribution in [3.05, 3.63) is 59.2 Å². The SMILES string of the molecule is Cc1ccc(CC(=O)Nc2ccc(N3CCN(CC(=O)NC(C)(C)C)CC3)cc2C(=O)O)cc1. The van der Waals surface area contributed by atoms with E-state index in [1.165, 1.54) is 0 Å². The number of aromatic carboxylic acids is 1. The monoisotopic (exact) mass is 466 g/mol. The first-order chi connectivity index (χ1) is 16.0. The lowest BCUT2D eigenvalue weighted by Gasteiger charge is -2.36. The Morgan fingerprint density at radius 1 is 0.941 bits per heavy atom. The molecule has 0 aliphatic carbocycles. The number of carboxylic acids is 1. The first-order valence-corrected chi connectivity index (χ1v) is 11.5. The van der Waals surface area contributed by atoms with Crippen LogP contribution < -0.4 is 15.5 Å². The van der Waals surface area contributed by atoms with Crippen molar-refractivity contribution in [1.29, 1.82) is 0 Å². The van der Waals surface area contributed by atoms with Crippen molar-refractivity contribution in [3.8, 4) is 0 Å².